The van der Waals surface area contributed by atoms with Gasteiger partial charge in [0.15, 0.2) is 0 Å². The van der Waals surface area contributed by atoms with Crippen LogP contribution in [0.2, 0.25) is 0 Å². The summed E-state index contributed by atoms with van der Waals surface area (Å²) < 4.78 is 17.8. The third-order valence-corrected chi connectivity index (χ3v) is 2.13. The molecule has 0 saturated heterocycles. The average Bonchev–Trinajstić information content (AvgIpc) is 2.39. The van der Waals surface area contributed by atoms with E-state index in [0.717, 1.165) is 6.20 Å². The van der Waals surface area contributed by atoms with E-state index in [1.165, 1.54) is 25.4 Å². The number of ether oxygens (including phenoxy) is 1. The summed E-state index contributed by atoms with van der Waals surface area (Å²) in [6, 6.07) is 5.97. The summed E-state index contributed by atoms with van der Waals surface area (Å²) in [5.74, 6) is -0.646. The quantitative estimate of drug-likeness (QED) is 0.899. The highest BCUT2D eigenvalue weighted by Gasteiger charge is 2.09. The monoisotopic (exact) mass is 247 g/mol. The van der Waals surface area contributed by atoms with E-state index in [1.54, 1.807) is 12.1 Å². The van der Waals surface area contributed by atoms with Gasteiger partial charge in [-0.15, -0.1) is 0 Å². The van der Waals surface area contributed by atoms with Crippen molar-refractivity contribution in [2.75, 3.05) is 12.4 Å². The maximum absolute atomic E-state index is 12.9. The fourth-order valence-corrected chi connectivity index (χ4v) is 1.33. The summed E-state index contributed by atoms with van der Waals surface area (Å²) in [6.07, 6.45) is 2.40. The van der Waals surface area contributed by atoms with Gasteiger partial charge >= 0.3 is 0 Å². The number of hydrogen-bond acceptors (Lipinski definition) is 4. The van der Waals surface area contributed by atoms with Gasteiger partial charge in [-0.05, 0) is 6.07 Å². The number of anilines is 1. The molecule has 0 atom stereocenters. The molecule has 2 rings (SSSR count). The summed E-state index contributed by atoms with van der Waals surface area (Å²) in [6.45, 7) is 0. The molecule has 1 amide bonds. The Morgan fingerprint density at radius 3 is 2.94 bits per heavy atom. The van der Waals surface area contributed by atoms with Gasteiger partial charge in [-0.3, -0.25) is 9.78 Å². The molecule has 2 aromatic rings. The molecule has 6 heteroatoms. The van der Waals surface area contributed by atoms with Crippen LogP contribution in [0.5, 0.6) is 5.88 Å². The number of pyridine rings is 2. The zero-order chi connectivity index (χ0) is 13.0. The van der Waals surface area contributed by atoms with Crippen molar-refractivity contribution in [2.45, 2.75) is 0 Å². The Labute approximate surface area is 103 Å². The van der Waals surface area contributed by atoms with Gasteiger partial charge in [0.2, 0.25) is 5.88 Å². The number of halogens is 1. The highest BCUT2D eigenvalue weighted by atomic mass is 19.1. The van der Waals surface area contributed by atoms with E-state index in [1.807, 2.05) is 0 Å². The number of rotatable bonds is 3. The molecule has 0 aliphatic carbocycles. The normalized spacial score (nSPS) is 9.89. The zero-order valence-corrected chi connectivity index (χ0v) is 9.55. The van der Waals surface area contributed by atoms with Crippen LogP contribution < -0.4 is 10.1 Å². The van der Waals surface area contributed by atoms with Gasteiger partial charge in [0, 0.05) is 12.1 Å². The van der Waals surface area contributed by atoms with Crippen LogP contribution in [-0.4, -0.2) is 23.0 Å². The summed E-state index contributed by atoms with van der Waals surface area (Å²) in [4.78, 5) is 19.4. The molecule has 0 aliphatic rings. The summed E-state index contributed by atoms with van der Waals surface area (Å²) >= 11 is 0. The van der Waals surface area contributed by atoms with Crippen molar-refractivity contribution in [2.24, 2.45) is 0 Å². The minimum atomic E-state index is -0.522. The van der Waals surface area contributed by atoms with E-state index in [2.05, 4.69) is 15.3 Å². The van der Waals surface area contributed by atoms with Crippen LogP contribution in [0.4, 0.5) is 10.1 Å². The summed E-state index contributed by atoms with van der Waals surface area (Å²) in [5, 5.41) is 2.49. The molecule has 5 nitrogen and oxygen atoms in total. The van der Waals surface area contributed by atoms with Crippen LogP contribution in [0, 0.1) is 5.82 Å². The minimum Gasteiger partial charge on any atom is -0.481 e. The van der Waals surface area contributed by atoms with Crippen LogP contribution >= 0.6 is 0 Å². The lowest BCUT2D eigenvalue weighted by Crippen LogP contribution is -2.14. The Morgan fingerprint density at radius 2 is 2.22 bits per heavy atom. The lowest BCUT2D eigenvalue weighted by molar-refractivity contribution is 0.102. The van der Waals surface area contributed by atoms with E-state index in [4.69, 9.17) is 4.74 Å². The average molecular weight is 247 g/mol. The minimum absolute atomic E-state index is 0.179. The molecule has 0 spiro atoms. The number of carbonyl (C=O) groups is 1. The molecule has 2 heterocycles. The number of nitrogens with one attached hydrogen (secondary N) is 1. The Hall–Kier alpha value is -2.50. The van der Waals surface area contributed by atoms with Gasteiger partial charge in [-0.25, -0.2) is 9.37 Å². The molecular weight excluding hydrogens is 237 g/mol. The number of amides is 1. The largest absolute Gasteiger partial charge is 0.481 e. The number of hydrogen-bond donors (Lipinski definition) is 1. The Kier molecular flexibility index (Phi) is 3.47. The second-order valence-corrected chi connectivity index (χ2v) is 3.41. The topological polar surface area (TPSA) is 64.1 Å². The van der Waals surface area contributed by atoms with Gasteiger partial charge < -0.3 is 10.1 Å². The van der Waals surface area contributed by atoms with E-state index in [-0.39, 0.29) is 11.4 Å². The van der Waals surface area contributed by atoms with Gasteiger partial charge in [-0.1, -0.05) is 6.07 Å². The van der Waals surface area contributed by atoms with Crippen molar-refractivity contribution < 1.29 is 13.9 Å². The second kappa shape index (κ2) is 5.22. The number of carbonyl (C=O) groups excluding carboxylic acids is 1. The summed E-state index contributed by atoms with van der Waals surface area (Å²) in [7, 11) is 1.46. The summed E-state index contributed by atoms with van der Waals surface area (Å²) in [5.41, 5.74) is 0.447. The van der Waals surface area contributed by atoms with Crippen LogP contribution in [0.1, 0.15) is 10.5 Å². The van der Waals surface area contributed by atoms with Crippen molar-refractivity contribution in [3.05, 3.63) is 48.2 Å². The zero-order valence-electron chi connectivity index (χ0n) is 9.55. The third-order valence-electron chi connectivity index (χ3n) is 2.13. The highest BCUT2D eigenvalue weighted by Crippen LogP contribution is 2.11. The van der Waals surface area contributed by atoms with E-state index in [9.17, 15) is 9.18 Å². The molecule has 0 unspecified atom stereocenters. The number of methoxy groups -OCH3 is 1. The predicted molar refractivity (Wildman–Crippen MR) is 62.9 cm³/mol. The molecule has 2 aromatic heterocycles. The fraction of sp³-hybridized carbons (Fsp3) is 0.0833. The Bertz CT molecular complexity index is 575. The van der Waals surface area contributed by atoms with Crippen LogP contribution in [-0.2, 0) is 0 Å². The number of nitrogens with zero attached hydrogens (tertiary/aromatic N) is 2. The van der Waals surface area contributed by atoms with Crippen molar-refractivity contribution >= 4 is 11.6 Å². The molecule has 0 aliphatic heterocycles. The first kappa shape index (κ1) is 12.0. The second-order valence-electron chi connectivity index (χ2n) is 3.41. The van der Waals surface area contributed by atoms with Crippen LogP contribution in [0.3, 0.4) is 0 Å². The van der Waals surface area contributed by atoms with Crippen LogP contribution in [0.25, 0.3) is 0 Å². The molecule has 0 bridgehead atoms. The molecule has 18 heavy (non-hydrogen) atoms. The highest BCUT2D eigenvalue weighted by molar-refractivity contribution is 6.02. The number of aromatic nitrogens is 2. The standard InChI is InChI=1S/C12H10FN3O2/c1-18-11-4-2-3-10(16-11)12(17)15-9-5-8(13)6-14-7-9/h2-7H,1H3,(H,15,17). The lowest BCUT2D eigenvalue weighted by Gasteiger charge is -2.05. The first-order valence-corrected chi connectivity index (χ1v) is 5.12. The van der Waals surface area contributed by atoms with Crippen molar-refractivity contribution in [3.8, 4) is 5.88 Å². The first-order chi connectivity index (χ1) is 8.69. The van der Waals surface area contributed by atoms with E-state index < -0.39 is 11.7 Å². The first-order valence-electron chi connectivity index (χ1n) is 5.12. The van der Waals surface area contributed by atoms with Gasteiger partial charge in [0.1, 0.15) is 11.5 Å². The maximum Gasteiger partial charge on any atom is 0.274 e. The van der Waals surface area contributed by atoms with Crippen molar-refractivity contribution in [1.29, 1.82) is 0 Å². The molecule has 0 fully saturated rings. The fourth-order valence-electron chi connectivity index (χ4n) is 1.33. The van der Waals surface area contributed by atoms with E-state index >= 15 is 0 Å². The third kappa shape index (κ3) is 2.79. The van der Waals surface area contributed by atoms with Crippen LogP contribution in [0.15, 0.2) is 36.7 Å². The van der Waals surface area contributed by atoms with Crippen molar-refractivity contribution in [1.82, 2.24) is 9.97 Å². The molecule has 1 N–H and O–H groups in total. The van der Waals surface area contributed by atoms with Gasteiger partial charge in [-0.2, -0.15) is 0 Å². The molecule has 0 saturated carbocycles. The SMILES string of the molecule is COc1cccc(C(=O)Nc2cncc(F)c2)n1. The smallest absolute Gasteiger partial charge is 0.274 e. The molecule has 92 valence electrons. The van der Waals surface area contributed by atoms with E-state index in [0.29, 0.717) is 5.88 Å². The lowest BCUT2D eigenvalue weighted by atomic mass is 10.3. The molecule has 0 aromatic carbocycles. The molecular formula is C12H10FN3O2. The van der Waals surface area contributed by atoms with Crippen molar-refractivity contribution in [3.63, 3.8) is 0 Å². The van der Waals surface area contributed by atoms with Gasteiger partial charge in [0.05, 0.1) is 25.2 Å². The Balaban J connectivity index is 2.16. The predicted octanol–water partition coefficient (Wildman–Crippen LogP) is 1.88. The van der Waals surface area contributed by atoms with Gasteiger partial charge in [0.25, 0.3) is 5.91 Å². The maximum atomic E-state index is 12.9. The Morgan fingerprint density at radius 1 is 1.39 bits per heavy atom. The molecule has 0 radical (unpaired) electrons.